The second kappa shape index (κ2) is 3.53. The van der Waals surface area contributed by atoms with E-state index in [4.69, 9.17) is 4.74 Å². The lowest BCUT2D eigenvalue weighted by Crippen LogP contribution is -2.48. The first-order valence-corrected chi connectivity index (χ1v) is 5.99. The van der Waals surface area contributed by atoms with Crippen molar-refractivity contribution in [3.8, 4) is 0 Å². The molecule has 2 aliphatic rings. The topological polar surface area (TPSA) is 67.4 Å². The van der Waals surface area contributed by atoms with Gasteiger partial charge in [-0.15, -0.1) is 0 Å². The van der Waals surface area contributed by atoms with Gasteiger partial charge in [0.1, 0.15) is 11.4 Å². The SMILES string of the molecule is O=S1(=O)C=CNCC1C1CNC=CO1. The molecule has 0 saturated carbocycles. The average Bonchev–Trinajstić information content (AvgIpc) is 2.18. The van der Waals surface area contributed by atoms with Crippen molar-refractivity contribution in [1.82, 2.24) is 10.6 Å². The minimum Gasteiger partial charge on any atom is -0.493 e. The summed E-state index contributed by atoms with van der Waals surface area (Å²) in [4.78, 5) is 0. The van der Waals surface area contributed by atoms with E-state index in [1.807, 2.05) is 0 Å². The summed E-state index contributed by atoms with van der Waals surface area (Å²) in [5.74, 6) is 0. The number of nitrogens with one attached hydrogen (secondary N) is 2. The van der Waals surface area contributed by atoms with Gasteiger partial charge in [-0.3, -0.25) is 0 Å². The number of sulfone groups is 1. The van der Waals surface area contributed by atoms with Crippen molar-refractivity contribution < 1.29 is 13.2 Å². The zero-order valence-corrected chi connectivity index (χ0v) is 8.33. The zero-order chi connectivity index (χ0) is 10.0. The fourth-order valence-corrected chi connectivity index (χ4v) is 2.93. The van der Waals surface area contributed by atoms with Gasteiger partial charge in [-0.1, -0.05) is 0 Å². The molecule has 0 fully saturated rings. The third-order valence-corrected chi connectivity index (χ3v) is 4.12. The molecule has 0 spiro atoms. The molecule has 5 nitrogen and oxygen atoms in total. The minimum absolute atomic E-state index is 0.317. The average molecular weight is 216 g/mol. The summed E-state index contributed by atoms with van der Waals surface area (Å²) in [5.41, 5.74) is 0. The second-order valence-corrected chi connectivity index (χ2v) is 5.28. The molecule has 78 valence electrons. The molecule has 2 aliphatic heterocycles. The summed E-state index contributed by atoms with van der Waals surface area (Å²) in [6.07, 6.45) is 4.29. The summed E-state index contributed by atoms with van der Waals surface area (Å²) >= 11 is 0. The lowest BCUT2D eigenvalue weighted by Gasteiger charge is -2.29. The zero-order valence-electron chi connectivity index (χ0n) is 7.51. The first kappa shape index (κ1) is 9.39. The first-order chi connectivity index (χ1) is 6.70. The Balaban J connectivity index is 2.17. The molecule has 0 aromatic rings. The maximum Gasteiger partial charge on any atom is 0.181 e. The smallest absolute Gasteiger partial charge is 0.181 e. The monoisotopic (exact) mass is 216 g/mol. The Kier molecular flexibility index (Phi) is 2.37. The van der Waals surface area contributed by atoms with Gasteiger partial charge in [-0.05, 0) is 0 Å². The normalized spacial score (nSPS) is 34.0. The Morgan fingerprint density at radius 3 is 2.64 bits per heavy atom. The van der Waals surface area contributed by atoms with Crippen LogP contribution in [0.1, 0.15) is 0 Å². The first-order valence-electron chi connectivity index (χ1n) is 4.38. The maximum absolute atomic E-state index is 11.6. The van der Waals surface area contributed by atoms with Crippen molar-refractivity contribution in [1.29, 1.82) is 0 Å². The predicted molar refractivity (Wildman–Crippen MR) is 51.9 cm³/mol. The molecular formula is C8H12N2O3S. The van der Waals surface area contributed by atoms with Gasteiger partial charge in [0.2, 0.25) is 0 Å². The standard InChI is InChI=1S/C8H12N2O3S/c11-14(12)4-2-10-6-8(14)7-5-9-1-3-13-7/h1-4,7-10H,5-6H2. The molecule has 2 atom stereocenters. The van der Waals surface area contributed by atoms with Crippen molar-refractivity contribution in [2.45, 2.75) is 11.4 Å². The molecule has 2 rings (SSSR count). The van der Waals surface area contributed by atoms with Gasteiger partial charge in [-0.25, -0.2) is 8.42 Å². The third kappa shape index (κ3) is 1.70. The summed E-state index contributed by atoms with van der Waals surface area (Å²) in [7, 11) is -3.17. The molecular weight excluding hydrogens is 204 g/mol. The number of rotatable bonds is 1. The van der Waals surface area contributed by atoms with Gasteiger partial charge < -0.3 is 15.4 Å². The molecule has 0 radical (unpaired) electrons. The Hall–Kier alpha value is -1.17. The molecule has 0 saturated heterocycles. The van der Waals surface area contributed by atoms with Crippen LogP contribution in [0.5, 0.6) is 0 Å². The number of ether oxygens (including phenoxy) is 1. The van der Waals surface area contributed by atoms with Gasteiger partial charge >= 0.3 is 0 Å². The van der Waals surface area contributed by atoms with Gasteiger partial charge in [0.25, 0.3) is 0 Å². The van der Waals surface area contributed by atoms with E-state index in [9.17, 15) is 8.42 Å². The van der Waals surface area contributed by atoms with E-state index in [1.54, 1.807) is 6.20 Å². The highest BCUT2D eigenvalue weighted by Crippen LogP contribution is 2.15. The largest absolute Gasteiger partial charge is 0.493 e. The van der Waals surface area contributed by atoms with Crippen molar-refractivity contribution >= 4 is 9.84 Å². The maximum atomic E-state index is 11.6. The van der Waals surface area contributed by atoms with Crippen LogP contribution in [-0.2, 0) is 14.6 Å². The van der Waals surface area contributed by atoms with E-state index in [0.29, 0.717) is 13.1 Å². The molecule has 0 aliphatic carbocycles. The van der Waals surface area contributed by atoms with E-state index >= 15 is 0 Å². The molecule has 2 unspecified atom stereocenters. The van der Waals surface area contributed by atoms with E-state index in [1.165, 1.54) is 17.9 Å². The Bertz CT molecular complexity index is 361. The second-order valence-electron chi connectivity index (χ2n) is 3.22. The highest BCUT2D eigenvalue weighted by Gasteiger charge is 2.34. The van der Waals surface area contributed by atoms with Crippen LogP contribution in [-0.4, -0.2) is 32.9 Å². The molecule has 2 N–H and O–H groups in total. The van der Waals surface area contributed by atoms with Crippen LogP contribution in [0.4, 0.5) is 0 Å². The van der Waals surface area contributed by atoms with Crippen LogP contribution in [0.15, 0.2) is 24.1 Å². The minimum atomic E-state index is -3.17. The van der Waals surface area contributed by atoms with Crippen molar-refractivity contribution in [2.75, 3.05) is 13.1 Å². The molecule has 0 aromatic heterocycles. The van der Waals surface area contributed by atoms with E-state index in [0.717, 1.165) is 0 Å². The Labute approximate surface area is 82.7 Å². The Morgan fingerprint density at radius 1 is 1.21 bits per heavy atom. The van der Waals surface area contributed by atoms with E-state index in [2.05, 4.69) is 10.6 Å². The highest BCUT2D eigenvalue weighted by molar-refractivity contribution is 7.95. The molecule has 6 heteroatoms. The van der Waals surface area contributed by atoms with Crippen LogP contribution in [0.2, 0.25) is 0 Å². The van der Waals surface area contributed by atoms with Crippen LogP contribution in [0, 0.1) is 0 Å². The fraction of sp³-hybridized carbons (Fsp3) is 0.500. The van der Waals surface area contributed by atoms with Crippen molar-refractivity contribution in [2.24, 2.45) is 0 Å². The molecule has 0 amide bonds. The lowest BCUT2D eigenvalue weighted by atomic mass is 10.2. The van der Waals surface area contributed by atoms with E-state index < -0.39 is 15.1 Å². The van der Waals surface area contributed by atoms with Crippen molar-refractivity contribution in [3.63, 3.8) is 0 Å². The molecule has 2 heterocycles. The molecule has 0 bridgehead atoms. The number of hydrogen-bond donors (Lipinski definition) is 2. The van der Waals surface area contributed by atoms with Gasteiger partial charge in [0.05, 0.1) is 12.8 Å². The van der Waals surface area contributed by atoms with E-state index in [-0.39, 0.29) is 6.10 Å². The summed E-state index contributed by atoms with van der Waals surface area (Å²) < 4.78 is 28.5. The van der Waals surface area contributed by atoms with Crippen LogP contribution >= 0.6 is 0 Å². The van der Waals surface area contributed by atoms with Crippen molar-refractivity contribution in [3.05, 3.63) is 24.1 Å². The predicted octanol–water partition coefficient (Wildman–Crippen LogP) is -0.696. The lowest BCUT2D eigenvalue weighted by molar-refractivity contribution is 0.126. The summed E-state index contributed by atoms with van der Waals surface area (Å²) in [6, 6.07) is 0. The van der Waals surface area contributed by atoms with Crippen LogP contribution < -0.4 is 10.6 Å². The van der Waals surface area contributed by atoms with Gasteiger partial charge in [0.15, 0.2) is 9.84 Å². The molecule has 14 heavy (non-hydrogen) atoms. The Morgan fingerprint density at radius 2 is 2.00 bits per heavy atom. The number of hydrogen-bond acceptors (Lipinski definition) is 5. The van der Waals surface area contributed by atoms with Crippen LogP contribution in [0.25, 0.3) is 0 Å². The highest BCUT2D eigenvalue weighted by atomic mass is 32.2. The van der Waals surface area contributed by atoms with Gasteiger partial charge in [-0.2, -0.15) is 0 Å². The fourth-order valence-electron chi connectivity index (χ4n) is 1.53. The quantitative estimate of drug-likeness (QED) is 0.607. The molecule has 0 aromatic carbocycles. The summed E-state index contributed by atoms with van der Waals surface area (Å²) in [6.45, 7) is 0.926. The summed E-state index contributed by atoms with van der Waals surface area (Å²) in [5, 5.41) is 6.53. The third-order valence-electron chi connectivity index (χ3n) is 2.29. The van der Waals surface area contributed by atoms with Crippen LogP contribution in [0.3, 0.4) is 0 Å². The van der Waals surface area contributed by atoms with Gasteiger partial charge in [0, 0.05) is 24.4 Å².